The van der Waals surface area contributed by atoms with Crippen LogP contribution in [-0.2, 0) is 6.42 Å². The Morgan fingerprint density at radius 2 is 1.43 bits per heavy atom. The van der Waals surface area contributed by atoms with Gasteiger partial charge in [-0.05, 0) is 24.1 Å². The van der Waals surface area contributed by atoms with Crippen LogP contribution in [0.1, 0.15) is 5.56 Å². The molecule has 0 amide bonds. The van der Waals surface area contributed by atoms with Crippen LogP contribution < -0.4 is 29.6 Å². The zero-order valence-electron chi connectivity index (χ0n) is 17.6. The van der Waals surface area contributed by atoms with Crippen molar-refractivity contribution in [1.82, 2.24) is 9.97 Å². The van der Waals surface area contributed by atoms with Gasteiger partial charge in [-0.15, -0.1) is 0 Å². The molecule has 0 fully saturated rings. The molecule has 0 saturated heterocycles. The number of hydrogen-bond acceptors (Lipinski definition) is 8. The fourth-order valence-electron chi connectivity index (χ4n) is 2.95. The second-order valence-corrected chi connectivity index (χ2v) is 6.35. The maximum Gasteiger partial charge on any atom is 0.203 e. The third-order valence-corrected chi connectivity index (χ3v) is 4.48. The van der Waals surface area contributed by atoms with E-state index < -0.39 is 0 Å². The standard InChI is InChI=1S/C22H26N4O4/c1-27-17-7-5-15(6-8-17)9-10-23-20-13-21(25-14-24-20)26-16-11-18(28-2)22(30-4)19(12-16)29-3/h5-8,11-14H,9-10H2,1-4H3,(H2,23,24,25,26). The minimum Gasteiger partial charge on any atom is -0.497 e. The summed E-state index contributed by atoms with van der Waals surface area (Å²) in [5.41, 5.74) is 1.97. The molecule has 1 heterocycles. The lowest BCUT2D eigenvalue weighted by Crippen LogP contribution is -2.07. The minimum atomic E-state index is 0.536. The van der Waals surface area contributed by atoms with Crippen LogP contribution in [0.2, 0.25) is 0 Å². The molecule has 1 aromatic heterocycles. The topological polar surface area (TPSA) is 86.8 Å². The smallest absolute Gasteiger partial charge is 0.203 e. The van der Waals surface area contributed by atoms with Gasteiger partial charge in [0.25, 0.3) is 0 Å². The molecule has 3 rings (SSSR count). The van der Waals surface area contributed by atoms with Crippen LogP contribution in [0.4, 0.5) is 17.3 Å². The lowest BCUT2D eigenvalue weighted by Gasteiger charge is -2.15. The van der Waals surface area contributed by atoms with Crippen molar-refractivity contribution < 1.29 is 18.9 Å². The van der Waals surface area contributed by atoms with E-state index in [0.717, 1.165) is 30.2 Å². The largest absolute Gasteiger partial charge is 0.497 e. The highest BCUT2D eigenvalue weighted by atomic mass is 16.5. The lowest BCUT2D eigenvalue weighted by atomic mass is 10.1. The summed E-state index contributed by atoms with van der Waals surface area (Å²) in [5, 5.41) is 6.56. The highest BCUT2D eigenvalue weighted by Gasteiger charge is 2.13. The second kappa shape index (κ2) is 10.2. The van der Waals surface area contributed by atoms with Crippen molar-refractivity contribution in [2.45, 2.75) is 6.42 Å². The Kier molecular flexibility index (Phi) is 7.15. The van der Waals surface area contributed by atoms with Gasteiger partial charge in [0.15, 0.2) is 11.5 Å². The van der Waals surface area contributed by atoms with Crippen LogP contribution >= 0.6 is 0 Å². The molecule has 30 heavy (non-hydrogen) atoms. The van der Waals surface area contributed by atoms with E-state index in [9.17, 15) is 0 Å². The number of methoxy groups -OCH3 is 4. The predicted molar refractivity (Wildman–Crippen MR) is 117 cm³/mol. The van der Waals surface area contributed by atoms with Crippen LogP contribution in [0, 0.1) is 0 Å². The first-order valence-electron chi connectivity index (χ1n) is 9.42. The first-order chi connectivity index (χ1) is 14.7. The summed E-state index contributed by atoms with van der Waals surface area (Å²) < 4.78 is 21.3. The molecule has 8 heteroatoms. The number of anilines is 3. The van der Waals surface area contributed by atoms with Gasteiger partial charge in [-0.3, -0.25) is 0 Å². The first-order valence-corrected chi connectivity index (χ1v) is 9.42. The number of nitrogens with one attached hydrogen (secondary N) is 2. The quantitative estimate of drug-likeness (QED) is 0.520. The van der Waals surface area contributed by atoms with E-state index in [2.05, 4.69) is 32.7 Å². The van der Waals surface area contributed by atoms with E-state index in [1.54, 1.807) is 28.4 Å². The molecular formula is C22H26N4O4. The van der Waals surface area contributed by atoms with Gasteiger partial charge in [0.2, 0.25) is 5.75 Å². The fraction of sp³-hybridized carbons (Fsp3) is 0.273. The van der Waals surface area contributed by atoms with Crippen molar-refractivity contribution in [2.75, 3.05) is 45.6 Å². The highest BCUT2D eigenvalue weighted by Crippen LogP contribution is 2.40. The third kappa shape index (κ3) is 5.22. The van der Waals surface area contributed by atoms with Crippen LogP contribution in [-0.4, -0.2) is 45.0 Å². The van der Waals surface area contributed by atoms with Gasteiger partial charge in [-0.1, -0.05) is 12.1 Å². The molecule has 0 radical (unpaired) electrons. The Hall–Kier alpha value is -3.68. The Morgan fingerprint density at radius 3 is 2.03 bits per heavy atom. The van der Waals surface area contributed by atoms with E-state index in [4.69, 9.17) is 18.9 Å². The predicted octanol–water partition coefficient (Wildman–Crippen LogP) is 3.91. The Balaban J connectivity index is 1.65. The summed E-state index contributed by atoms with van der Waals surface area (Å²) >= 11 is 0. The van der Waals surface area contributed by atoms with E-state index in [0.29, 0.717) is 23.1 Å². The third-order valence-electron chi connectivity index (χ3n) is 4.48. The number of benzene rings is 2. The van der Waals surface area contributed by atoms with E-state index in [1.165, 1.54) is 11.9 Å². The van der Waals surface area contributed by atoms with Gasteiger partial charge in [-0.25, -0.2) is 9.97 Å². The van der Waals surface area contributed by atoms with Crippen LogP contribution in [0.15, 0.2) is 48.8 Å². The van der Waals surface area contributed by atoms with Crippen molar-refractivity contribution in [3.05, 3.63) is 54.4 Å². The molecule has 0 atom stereocenters. The van der Waals surface area contributed by atoms with Crippen molar-refractivity contribution in [3.63, 3.8) is 0 Å². The highest BCUT2D eigenvalue weighted by molar-refractivity contribution is 5.67. The number of rotatable bonds is 10. The molecular weight excluding hydrogens is 384 g/mol. The fourth-order valence-corrected chi connectivity index (χ4v) is 2.95. The summed E-state index contributed by atoms with van der Waals surface area (Å²) in [4.78, 5) is 8.57. The van der Waals surface area contributed by atoms with Crippen LogP contribution in [0.5, 0.6) is 23.0 Å². The van der Waals surface area contributed by atoms with E-state index in [-0.39, 0.29) is 0 Å². The number of hydrogen-bond donors (Lipinski definition) is 2. The molecule has 0 aliphatic heterocycles. The molecule has 0 aliphatic rings. The molecule has 158 valence electrons. The Bertz CT molecular complexity index is 939. The van der Waals surface area contributed by atoms with Crippen LogP contribution in [0.25, 0.3) is 0 Å². The molecule has 2 N–H and O–H groups in total. The number of nitrogens with zero attached hydrogens (tertiary/aromatic N) is 2. The molecule has 2 aromatic carbocycles. The van der Waals surface area contributed by atoms with Gasteiger partial charge >= 0.3 is 0 Å². The van der Waals surface area contributed by atoms with Gasteiger partial charge in [0, 0.05) is 30.4 Å². The summed E-state index contributed by atoms with van der Waals surface area (Å²) in [5.74, 6) is 3.89. The molecule has 0 saturated carbocycles. The normalized spacial score (nSPS) is 10.3. The van der Waals surface area contributed by atoms with E-state index in [1.807, 2.05) is 30.3 Å². The summed E-state index contributed by atoms with van der Waals surface area (Å²) in [6, 6.07) is 13.5. The summed E-state index contributed by atoms with van der Waals surface area (Å²) in [7, 11) is 6.39. The van der Waals surface area contributed by atoms with Gasteiger partial charge in [0.1, 0.15) is 23.7 Å². The lowest BCUT2D eigenvalue weighted by molar-refractivity contribution is 0.324. The molecule has 0 aliphatic carbocycles. The maximum absolute atomic E-state index is 5.39. The van der Waals surface area contributed by atoms with E-state index >= 15 is 0 Å². The maximum atomic E-state index is 5.39. The summed E-state index contributed by atoms with van der Waals surface area (Å²) in [6.07, 6.45) is 2.37. The van der Waals surface area contributed by atoms with Crippen molar-refractivity contribution >= 4 is 17.3 Å². The molecule has 3 aromatic rings. The summed E-state index contributed by atoms with van der Waals surface area (Å²) in [6.45, 7) is 0.743. The van der Waals surface area contributed by atoms with Crippen molar-refractivity contribution in [3.8, 4) is 23.0 Å². The van der Waals surface area contributed by atoms with Gasteiger partial charge in [-0.2, -0.15) is 0 Å². The van der Waals surface area contributed by atoms with Gasteiger partial charge in [0.05, 0.1) is 28.4 Å². The van der Waals surface area contributed by atoms with Crippen molar-refractivity contribution in [1.29, 1.82) is 0 Å². The zero-order chi connectivity index (χ0) is 21.3. The zero-order valence-corrected chi connectivity index (χ0v) is 17.6. The SMILES string of the molecule is COc1ccc(CCNc2cc(Nc3cc(OC)c(OC)c(OC)c3)ncn2)cc1. The minimum absolute atomic E-state index is 0.536. The van der Waals surface area contributed by atoms with Gasteiger partial charge < -0.3 is 29.6 Å². The average Bonchev–Trinajstić information content (AvgIpc) is 2.79. The number of aromatic nitrogens is 2. The molecule has 8 nitrogen and oxygen atoms in total. The average molecular weight is 410 g/mol. The van der Waals surface area contributed by atoms with Crippen molar-refractivity contribution in [2.24, 2.45) is 0 Å². The number of ether oxygens (including phenoxy) is 4. The Morgan fingerprint density at radius 1 is 0.767 bits per heavy atom. The first kappa shape index (κ1) is 21.0. The molecule has 0 bridgehead atoms. The van der Waals surface area contributed by atoms with Crippen LogP contribution in [0.3, 0.4) is 0 Å². The molecule has 0 spiro atoms. The molecule has 0 unspecified atom stereocenters. The monoisotopic (exact) mass is 410 g/mol. The second-order valence-electron chi connectivity index (χ2n) is 6.35. The Labute approximate surface area is 176 Å².